The van der Waals surface area contributed by atoms with Gasteiger partial charge < -0.3 is 15.0 Å². The number of anilines is 1. The van der Waals surface area contributed by atoms with Gasteiger partial charge in [-0.2, -0.15) is 0 Å². The van der Waals surface area contributed by atoms with Gasteiger partial charge >= 0.3 is 5.97 Å². The number of carboxylic acids is 1. The van der Waals surface area contributed by atoms with Gasteiger partial charge in [-0.05, 0) is 30.2 Å². The van der Waals surface area contributed by atoms with Gasteiger partial charge in [-0.25, -0.2) is 4.79 Å². The normalized spacial score (nSPS) is 10.4. The Kier molecular flexibility index (Phi) is 4.23. The first-order valence-electron chi connectivity index (χ1n) is 6.41. The Morgan fingerprint density at radius 1 is 1.32 bits per heavy atom. The molecule has 2 aromatic rings. The maximum atomic E-state index is 11.1. The summed E-state index contributed by atoms with van der Waals surface area (Å²) >= 11 is 0. The number of rotatable bonds is 6. The average Bonchev–Trinajstić information content (AvgIpc) is 2.85. The predicted molar refractivity (Wildman–Crippen MR) is 75.5 cm³/mol. The van der Waals surface area contributed by atoms with Crippen LogP contribution < -0.4 is 5.32 Å². The Balaban J connectivity index is 2.03. The van der Waals surface area contributed by atoms with E-state index >= 15 is 0 Å². The summed E-state index contributed by atoms with van der Waals surface area (Å²) in [6, 6.07) is 8.99. The first-order chi connectivity index (χ1) is 9.20. The van der Waals surface area contributed by atoms with Crippen molar-refractivity contribution in [2.24, 2.45) is 0 Å². The molecule has 2 rings (SSSR count). The molecule has 0 aliphatic rings. The smallest absolute Gasteiger partial charge is 0.337 e. The van der Waals surface area contributed by atoms with Crippen molar-refractivity contribution in [3.63, 3.8) is 0 Å². The van der Waals surface area contributed by atoms with Gasteiger partial charge in [0.05, 0.1) is 5.56 Å². The lowest BCUT2D eigenvalue weighted by Gasteiger charge is -2.08. The standard InChI is InChI=1S/C15H18N2O2/c1-2-8-17-9-7-12(11-17)10-16-14-6-4-3-5-13(14)15(18)19/h3-7,9,11,16H,2,8,10H2,1H3,(H,18,19). The number of para-hydroxylation sites is 1. The van der Waals surface area contributed by atoms with E-state index in [2.05, 4.69) is 23.0 Å². The largest absolute Gasteiger partial charge is 0.478 e. The molecule has 0 spiro atoms. The summed E-state index contributed by atoms with van der Waals surface area (Å²) in [5.74, 6) is -0.911. The van der Waals surface area contributed by atoms with Gasteiger partial charge in [0, 0.05) is 31.2 Å². The lowest BCUT2D eigenvalue weighted by molar-refractivity contribution is 0.0698. The van der Waals surface area contributed by atoms with Gasteiger partial charge in [-0.3, -0.25) is 0 Å². The van der Waals surface area contributed by atoms with Crippen LogP contribution >= 0.6 is 0 Å². The van der Waals surface area contributed by atoms with Crippen molar-refractivity contribution < 1.29 is 9.90 Å². The van der Waals surface area contributed by atoms with E-state index in [0.717, 1.165) is 18.5 Å². The molecule has 2 N–H and O–H groups in total. The fourth-order valence-corrected chi connectivity index (χ4v) is 2.01. The molecular weight excluding hydrogens is 240 g/mol. The minimum Gasteiger partial charge on any atom is -0.478 e. The second-order valence-electron chi connectivity index (χ2n) is 4.46. The SMILES string of the molecule is CCCn1ccc(CNc2ccccc2C(=O)O)c1. The molecule has 0 amide bonds. The molecule has 0 aliphatic carbocycles. The van der Waals surface area contributed by atoms with Crippen LogP contribution in [0.15, 0.2) is 42.7 Å². The van der Waals surface area contributed by atoms with Crippen molar-refractivity contribution in [2.75, 3.05) is 5.32 Å². The fourth-order valence-electron chi connectivity index (χ4n) is 2.01. The van der Waals surface area contributed by atoms with E-state index in [4.69, 9.17) is 5.11 Å². The number of aryl methyl sites for hydroxylation is 1. The lowest BCUT2D eigenvalue weighted by Crippen LogP contribution is -2.05. The average molecular weight is 258 g/mol. The molecule has 19 heavy (non-hydrogen) atoms. The minimum atomic E-state index is -0.911. The molecule has 1 heterocycles. The third-order valence-corrected chi connectivity index (χ3v) is 2.93. The van der Waals surface area contributed by atoms with Crippen molar-refractivity contribution in [3.05, 3.63) is 53.9 Å². The highest BCUT2D eigenvalue weighted by Crippen LogP contribution is 2.16. The third kappa shape index (κ3) is 3.37. The Hall–Kier alpha value is -2.23. The van der Waals surface area contributed by atoms with Crippen molar-refractivity contribution in [2.45, 2.75) is 26.4 Å². The van der Waals surface area contributed by atoms with E-state index in [1.54, 1.807) is 18.2 Å². The molecule has 0 radical (unpaired) electrons. The molecule has 0 saturated carbocycles. The summed E-state index contributed by atoms with van der Waals surface area (Å²) in [4.78, 5) is 11.1. The molecule has 0 unspecified atom stereocenters. The number of hydrogen-bond acceptors (Lipinski definition) is 2. The van der Waals surface area contributed by atoms with Crippen LogP contribution in [0.25, 0.3) is 0 Å². The quantitative estimate of drug-likeness (QED) is 0.836. The topological polar surface area (TPSA) is 54.3 Å². The zero-order valence-corrected chi connectivity index (χ0v) is 11.0. The molecule has 0 bridgehead atoms. The van der Waals surface area contributed by atoms with Gasteiger partial charge in [0.25, 0.3) is 0 Å². The Morgan fingerprint density at radius 2 is 2.11 bits per heavy atom. The van der Waals surface area contributed by atoms with E-state index in [9.17, 15) is 4.79 Å². The van der Waals surface area contributed by atoms with Crippen LogP contribution in [-0.2, 0) is 13.1 Å². The molecule has 100 valence electrons. The number of nitrogens with zero attached hydrogens (tertiary/aromatic N) is 1. The van der Waals surface area contributed by atoms with Crippen LogP contribution in [0.2, 0.25) is 0 Å². The van der Waals surface area contributed by atoms with Crippen LogP contribution in [0, 0.1) is 0 Å². The molecule has 1 aromatic carbocycles. The summed E-state index contributed by atoms with van der Waals surface area (Å²) in [7, 11) is 0. The molecule has 4 nitrogen and oxygen atoms in total. The Labute approximate surface area is 112 Å². The molecule has 0 aliphatic heterocycles. The third-order valence-electron chi connectivity index (χ3n) is 2.93. The summed E-state index contributed by atoms with van der Waals surface area (Å²) in [6.45, 7) is 3.77. The number of benzene rings is 1. The molecule has 0 saturated heterocycles. The molecule has 0 atom stereocenters. The second-order valence-corrected chi connectivity index (χ2v) is 4.46. The second kappa shape index (κ2) is 6.09. The van der Waals surface area contributed by atoms with E-state index in [1.807, 2.05) is 18.3 Å². The highest BCUT2D eigenvalue weighted by Gasteiger charge is 2.08. The molecule has 0 fully saturated rings. The summed E-state index contributed by atoms with van der Waals surface area (Å²) in [5.41, 5.74) is 2.10. The van der Waals surface area contributed by atoms with E-state index in [1.165, 1.54) is 0 Å². The van der Waals surface area contributed by atoms with Crippen LogP contribution in [-0.4, -0.2) is 15.6 Å². The van der Waals surface area contributed by atoms with Crippen LogP contribution in [0.4, 0.5) is 5.69 Å². The van der Waals surface area contributed by atoms with Gasteiger partial charge in [-0.15, -0.1) is 0 Å². The van der Waals surface area contributed by atoms with Gasteiger partial charge in [0.2, 0.25) is 0 Å². The van der Waals surface area contributed by atoms with Gasteiger partial charge in [0.15, 0.2) is 0 Å². The van der Waals surface area contributed by atoms with E-state index in [0.29, 0.717) is 17.8 Å². The number of hydrogen-bond donors (Lipinski definition) is 2. The van der Waals surface area contributed by atoms with Gasteiger partial charge in [-0.1, -0.05) is 19.1 Å². The first kappa shape index (κ1) is 13.2. The van der Waals surface area contributed by atoms with Gasteiger partial charge in [0.1, 0.15) is 0 Å². The number of aromatic carboxylic acids is 1. The molecule has 1 aromatic heterocycles. The van der Waals surface area contributed by atoms with Crippen LogP contribution in [0.1, 0.15) is 29.3 Å². The van der Waals surface area contributed by atoms with E-state index < -0.39 is 5.97 Å². The number of carbonyl (C=O) groups is 1. The van der Waals surface area contributed by atoms with Crippen LogP contribution in [0.5, 0.6) is 0 Å². The van der Waals surface area contributed by atoms with Crippen LogP contribution in [0.3, 0.4) is 0 Å². The Morgan fingerprint density at radius 3 is 2.84 bits per heavy atom. The number of aromatic nitrogens is 1. The summed E-state index contributed by atoms with van der Waals surface area (Å²) in [6.07, 6.45) is 5.23. The molecule has 4 heteroatoms. The fraction of sp³-hybridized carbons (Fsp3) is 0.267. The zero-order chi connectivity index (χ0) is 13.7. The van der Waals surface area contributed by atoms with Crippen molar-refractivity contribution in [1.29, 1.82) is 0 Å². The zero-order valence-electron chi connectivity index (χ0n) is 11.0. The maximum Gasteiger partial charge on any atom is 0.337 e. The number of nitrogens with one attached hydrogen (secondary N) is 1. The Bertz CT molecular complexity index is 561. The maximum absolute atomic E-state index is 11.1. The highest BCUT2D eigenvalue weighted by molar-refractivity contribution is 5.94. The summed E-state index contributed by atoms with van der Waals surface area (Å²) in [5, 5.41) is 12.3. The minimum absolute atomic E-state index is 0.301. The lowest BCUT2D eigenvalue weighted by atomic mass is 10.1. The van der Waals surface area contributed by atoms with Crippen molar-refractivity contribution in [3.8, 4) is 0 Å². The monoisotopic (exact) mass is 258 g/mol. The number of carboxylic acid groups (broad SMARTS) is 1. The highest BCUT2D eigenvalue weighted by atomic mass is 16.4. The van der Waals surface area contributed by atoms with Crippen molar-refractivity contribution in [1.82, 2.24) is 4.57 Å². The molecular formula is C15H18N2O2. The summed E-state index contributed by atoms with van der Waals surface area (Å²) < 4.78 is 2.14. The van der Waals surface area contributed by atoms with E-state index in [-0.39, 0.29) is 0 Å². The first-order valence-corrected chi connectivity index (χ1v) is 6.41. The predicted octanol–water partition coefficient (Wildman–Crippen LogP) is 3.21. The van der Waals surface area contributed by atoms with Crippen molar-refractivity contribution >= 4 is 11.7 Å².